The third-order valence-corrected chi connectivity index (χ3v) is 5.71. The van der Waals surface area contributed by atoms with Gasteiger partial charge < -0.3 is 10.2 Å². The largest absolute Gasteiger partial charge is 0.368 e. The zero-order chi connectivity index (χ0) is 17.8. The van der Waals surface area contributed by atoms with Gasteiger partial charge in [-0.3, -0.25) is 19.7 Å². The lowest BCUT2D eigenvalue weighted by Gasteiger charge is -2.34. The highest BCUT2D eigenvalue weighted by molar-refractivity contribution is 6.09. The number of nitrogens with zero attached hydrogens (tertiary/aromatic N) is 4. The first kappa shape index (κ1) is 15.6. The van der Waals surface area contributed by atoms with Gasteiger partial charge in [0.1, 0.15) is 0 Å². The van der Waals surface area contributed by atoms with Crippen LogP contribution in [0.25, 0.3) is 10.9 Å². The van der Waals surface area contributed by atoms with E-state index in [0.29, 0.717) is 30.9 Å². The summed E-state index contributed by atoms with van der Waals surface area (Å²) >= 11 is 0. The second-order valence-corrected chi connectivity index (χ2v) is 7.45. The van der Waals surface area contributed by atoms with E-state index in [1.165, 1.54) is 18.5 Å². The fraction of sp³-hybridized carbons (Fsp3) is 0.500. The third kappa shape index (κ3) is 2.44. The Kier molecular flexibility index (Phi) is 3.43. The summed E-state index contributed by atoms with van der Waals surface area (Å²) in [4.78, 5) is 27.6. The summed E-state index contributed by atoms with van der Waals surface area (Å²) in [5, 5.41) is 11.5. The summed E-state index contributed by atoms with van der Waals surface area (Å²) in [6.07, 6.45) is 2.80. The molecule has 0 spiro atoms. The number of hydrogen-bond donors (Lipinski definition) is 2. The molecule has 0 saturated carbocycles. The van der Waals surface area contributed by atoms with Crippen molar-refractivity contribution in [1.82, 2.24) is 20.4 Å². The molecule has 1 aromatic heterocycles. The zero-order valence-corrected chi connectivity index (χ0v) is 14.7. The molecular formula is C18H22N6O2. The number of carbonyl (C=O) groups is 2. The standard InChI is InChI=1S/C18H22N6O2/c1-22-15-8-13(23-9-11-2-3-12(10-23)19-11)4-5-14(15)17(21-22)24-7-6-16(25)20-18(24)26/h4-5,8,11-12,19H,2-3,6-7,9-10H2,1H3,(H,20,25,26). The number of amides is 3. The molecule has 1 aromatic carbocycles. The number of piperazine rings is 1. The molecule has 3 fully saturated rings. The number of aryl methyl sites for hydroxylation is 1. The minimum absolute atomic E-state index is 0.234. The average Bonchev–Trinajstić information content (AvgIpc) is 3.14. The van der Waals surface area contributed by atoms with E-state index in [0.717, 1.165) is 24.0 Å². The Morgan fingerprint density at radius 1 is 1.15 bits per heavy atom. The van der Waals surface area contributed by atoms with E-state index in [2.05, 4.69) is 32.8 Å². The van der Waals surface area contributed by atoms with Crippen LogP contribution in [0.2, 0.25) is 0 Å². The number of fused-ring (bicyclic) bond motifs is 3. The van der Waals surface area contributed by atoms with Crippen LogP contribution < -0.4 is 20.4 Å². The van der Waals surface area contributed by atoms with Crippen LogP contribution in [0.1, 0.15) is 19.3 Å². The molecule has 136 valence electrons. The Balaban J connectivity index is 1.49. The number of benzene rings is 1. The predicted octanol–water partition coefficient (Wildman–Crippen LogP) is 0.960. The van der Waals surface area contributed by atoms with E-state index in [4.69, 9.17) is 0 Å². The van der Waals surface area contributed by atoms with Crippen LogP contribution in [0, 0.1) is 0 Å². The lowest BCUT2D eigenvalue weighted by molar-refractivity contribution is -0.120. The summed E-state index contributed by atoms with van der Waals surface area (Å²) in [6.45, 7) is 2.42. The Morgan fingerprint density at radius 3 is 2.65 bits per heavy atom. The van der Waals surface area contributed by atoms with Gasteiger partial charge in [0.25, 0.3) is 0 Å². The molecule has 2 bridgehead atoms. The number of anilines is 2. The smallest absolute Gasteiger partial charge is 0.329 e. The molecule has 8 nitrogen and oxygen atoms in total. The third-order valence-electron chi connectivity index (χ3n) is 5.71. The molecule has 26 heavy (non-hydrogen) atoms. The van der Waals surface area contributed by atoms with Gasteiger partial charge in [0.15, 0.2) is 5.82 Å². The number of rotatable bonds is 2. The van der Waals surface area contributed by atoms with Gasteiger partial charge in [-0.05, 0) is 31.0 Å². The maximum atomic E-state index is 12.2. The molecule has 3 saturated heterocycles. The molecule has 5 rings (SSSR count). The second kappa shape index (κ2) is 5.70. The lowest BCUT2D eigenvalue weighted by atomic mass is 10.1. The predicted molar refractivity (Wildman–Crippen MR) is 98.4 cm³/mol. The van der Waals surface area contributed by atoms with Crippen molar-refractivity contribution in [3.05, 3.63) is 18.2 Å². The van der Waals surface area contributed by atoms with Gasteiger partial charge in [-0.15, -0.1) is 0 Å². The highest BCUT2D eigenvalue weighted by Crippen LogP contribution is 2.32. The van der Waals surface area contributed by atoms with Crippen molar-refractivity contribution >= 4 is 34.3 Å². The lowest BCUT2D eigenvalue weighted by Crippen LogP contribution is -2.51. The van der Waals surface area contributed by atoms with Crippen LogP contribution >= 0.6 is 0 Å². The second-order valence-electron chi connectivity index (χ2n) is 7.45. The average molecular weight is 354 g/mol. The van der Waals surface area contributed by atoms with Crippen LogP contribution in [-0.2, 0) is 11.8 Å². The minimum Gasteiger partial charge on any atom is -0.368 e. The van der Waals surface area contributed by atoms with Gasteiger partial charge in [-0.1, -0.05) is 0 Å². The first-order valence-electron chi connectivity index (χ1n) is 9.17. The van der Waals surface area contributed by atoms with Gasteiger partial charge in [0, 0.05) is 56.3 Å². The molecule has 3 aliphatic heterocycles. The van der Waals surface area contributed by atoms with Crippen LogP contribution in [0.3, 0.4) is 0 Å². The fourth-order valence-electron chi connectivity index (χ4n) is 4.40. The van der Waals surface area contributed by atoms with E-state index in [1.807, 2.05) is 17.8 Å². The van der Waals surface area contributed by atoms with Gasteiger partial charge in [0.2, 0.25) is 5.91 Å². The molecule has 0 aliphatic carbocycles. The fourth-order valence-corrected chi connectivity index (χ4v) is 4.40. The normalized spacial score (nSPS) is 25.9. The van der Waals surface area contributed by atoms with E-state index >= 15 is 0 Å². The summed E-state index contributed by atoms with van der Waals surface area (Å²) in [5.41, 5.74) is 2.19. The van der Waals surface area contributed by atoms with Crippen molar-refractivity contribution < 1.29 is 9.59 Å². The maximum Gasteiger partial charge on any atom is 0.329 e. The van der Waals surface area contributed by atoms with Gasteiger partial charge in [-0.25, -0.2) is 4.79 Å². The van der Waals surface area contributed by atoms with Crippen molar-refractivity contribution in [2.24, 2.45) is 7.05 Å². The molecule has 0 radical (unpaired) electrons. The molecule has 2 aromatic rings. The number of carbonyl (C=O) groups excluding carboxylic acids is 2. The number of nitrogens with one attached hydrogen (secondary N) is 2. The number of imide groups is 1. The molecule has 2 N–H and O–H groups in total. The number of urea groups is 1. The molecule has 2 atom stereocenters. The van der Waals surface area contributed by atoms with E-state index < -0.39 is 6.03 Å². The maximum absolute atomic E-state index is 12.2. The molecular weight excluding hydrogens is 332 g/mol. The molecule has 4 heterocycles. The van der Waals surface area contributed by atoms with Crippen molar-refractivity contribution in [3.8, 4) is 0 Å². The van der Waals surface area contributed by atoms with Gasteiger partial charge in [-0.2, -0.15) is 5.10 Å². The highest BCUT2D eigenvalue weighted by Gasteiger charge is 2.33. The minimum atomic E-state index is -0.399. The van der Waals surface area contributed by atoms with Gasteiger partial charge in [0.05, 0.1) is 5.52 Å². The van der Waals surface area contributed by atoms with E-state index in [-0.39, 0.29) is 5.91 Å². The van der Waals surface area contributed by atoms with Crippen molar-refractivity contribution in [2.75, 3.05) is 29.4 Å². The van der Waals surface area contributed by atoms with Crippen LogP contribution in [0.4, 0.5) is 16.3 Å². The van der Waals surface area contributed by atoms with Crippen molar-refractivity contribution in [3.63, 3.8) is 0 Å². The first-order chi connectivity index (χ1) is 12.6. The molecule has 3 amide bonds. The van der Waals surface area contributed by atoms with E-state index in [9.17, 15) is 9.59 Å². The monoisotopic (exact) mass is 354 g/mol. The summed E-state index contributed by atoms with van der Waals surface area (Å²) < 4.78 is 1.81. The highest BCUT2D eigenvalue weighted by atomic mass is 16.2. The summed E-state index contributed by atoms with van der Waals surface area (Å²) in [5.74, 6) is 0.376. The summed E-state index contributed by atoms with van der Waals surface area (Å²) in [7, 11) is 1.89. The summed E-state index contributed by atoms with van der Waals surface area (Å²) in [6, 6.07) is 7.08. The number of aromatic nitrogens is 2. The number of hydrogen-bond acceptors (Lipinski definition) is 5. The Labute approximate surface area is 151 Å². The van der Waals surface area contributed by atoms with Crippen molar-refractivity contribution in [1.29, 1.82) is 0 Å². The van der Waals surface area contributed by atoms with Gasteiger partial charge >= 0.3 is 6.03 Å². The first-order valence-corrected chi connectivity index (χ1v) is 9.17. The van der Waals surface area contributed by atoms with Crippen LogP contribution in [-0.4, -0.2) is 53.4 Å². The Bertz CT molecular complexity index is 894. The topological polar surface area (TPSA) is 82.5 Å². The van der Waals surface area contributed by atoms with Crippen LogP contribution in [0.5, 0.6) is 0 Å². The van der Waals surface area contributed by atoms with Crippen molar-refractivity contribution in [2.45, 2.75) is 31.3 Å². The molecule has 2 unspecified atom stereocenters. The molecule has 3 aliphatic rings. The zero-order valence-electron chi connectivity index (χ0n) is 14.7. The molecule has 8 heteroatoms. The Hall–Kier alpha value is -2.61. The van der Waals surface area contributed by atoms with E-state index in [1.54, 1.807) is 4.90 Å². The Morgan fingerprint density at radius 2 is 1.92 bits per heavy atom. The van der Waals surface area contributed by atoms with Crippen LogP contribution in [0.15, 0.2) is 18.2 Å². The SMILES string of the molecule is Cn1nc(N2CCC(=O)NC2=O)c2ccc(N3CC4CCC(C3)N4)cc21. The quantitative estimate of drug-likeness (QED) is 0.839.